The molecule has 10 heteroatoms. The van der Waals surface area contributed by atoms with Gasteiger partial charge in [0.1, 0.15) is 11.5 Å². The van der Waals surface area contributed by atoms with Gasteiger partial charge in [0, 0.05) is 62.5 Å². The Bertz CT molecular complexity index is 1230. The van der Waals surface area contributed by atoms with Gasteiger partial charge in [0.15, 0.2) is 5.13 Å². The van der Waals surface area contributed by atoms with Crippen LogP contribution in [0.4, 0.5) is 5.13 Å². The van der Waals surface area contributed by atoms with E-state index >= 15 is 0 Å². The molecule has 0 unspecified atom stereocenters. The van der Waals surface area contributed by atoms with E-state index in [-0.39, 0.29) is 12.1 Å². The molecule has 0 spiro atoms. The highest BCUT2D eigenvalue weighted by Gasteiger charge is 2.23. The molecule has 1 saturated carbocycles. The maximum Gasteiger partial charge on any atom is 0.184 e. The molecule has 0 amide bonds. The second-order valence-corrected chi connectivity index (χ2v) is 10.4. The molecule has 196 valence electrons. The molecule has 37 heavy (non-hydrogen) atoms. The third-order valence-corrected chi connectivity index (χ3v) is 7.70. The van der Waals surface area contributed by atoms with Gasteiger partial charge in [-0.25, -0.2) is 4.98 Å². The number of anilines is 1. The van der Waals surface area contributed by atoms with Crippen LogP contribution in [-0.4, -0.2) is 77.7 Å². The van der Waals surface area contributed by atoms with Crippen molar-refractivity contribution in [3.63, 3.8) is 0 Å². The second-order valence-electron chi connectivity index (χ2n) is 9.38. The van der Waals surface area contributed by atoms with Crippen LogP contribution in [0.2, 0.25) is 0 Å². The van der Waals surface area contributed by atoms with Crippen LogP contribution in [0.5, 0.6) is 11.5 Å². The molecule has 2 aliphatic rings. The van der Waals surface area contributed by atoms with Gasteiger partial charge in [0.25, 0.3) is 0 Å². The van der Waals surface area contributed by atoms with Crippen molar-refractivity contribution in [2.75, 3.05) is 44.7 Å². The number of aromatic nitrogens is 2. The monoisotopic (exact) mass is 522 g/mol. The number of benzene rings is 1. The van der Waals surface area contributed by atoms with Crippen molar-refractivity contribution in [2.45, 2.75) is 37.8 Å². The van der Waals surface area contributed by atoms with E-state index in [4.69, 9.17) is 14.9 Å². The number of rotatable bonds is 10. The average molecular weight is 523 g/mol. The van der Waals surface area contributed by atoms with Crippen LogP contribution in [0.1, 0.15) is 31.4 Å². The highest BCUT2D eigenvalue weighted by atomic mass is 32.1. The molecule has 1 saturated heterocycles. The summed E-state index contributed by atoms with van der Waals surface area (Å²) in [6.07, 6.45) is 8.53. The summed E-state index contributed by atoms with van der Waals surface area (Å²) >= 11 is 1.57. The van der Waals surface area contributed by atoms with Gasteiger partial charge in [-0.15, -0.1) is 0 Å². The van der Waals surface area contributed by atoms with Crippen LogP contribution in [0, 0.1) is 5.41 Å². The molecule has 1 aliphatic heterocycles. The Balaban J connectivity index is 1.21. The minimum Gasteiger partial charge on any atom is -0.457 e. The first-order valence-corrected chi connectivity index (χ1v) is 13.7. The molecule has 3 heterocycles. The maximum atomic E-state index is 10.3. The molecule has 2 atom stereocenters. The zero-order valence-corrected chi connectivity index (χ0v) is 21.7. The molecule has 1 aromatic carbocycles. The second kappa shape index (κ2) is 12.5. The van der Waals surface area contributed by atoms with Crippen LogP contribution in [-0.2, 0) is 4.74 Å². The minimum atomic E-state index is -0.319. The van der Waals surface area contributed by atoms with Gasteiger partial charge in [-0.2, -0.15) is 0 Å². The molecule has 3 aromatic rings. The van der Waals surface area contributed by atoms with Gasteiger partial charge >= 0.3 is 0 Å². The number of hydrogen-bond donors (Lipinski definition) is 4. The van der Waals surface area contributed by atoms with Gasteiger partial charge in [-0.1, -0.05) is 24.2 Å². The summed E-state index contributed by atoms with van der Waals surface area (Å²) in [6, 6.07) is 9.55. The number of morpholine rings is 1. The molecule has 0 bridgehead atoms. The normalized spacial score (nSPS) is 21.1. The van der Waals surface area contributed by atoms with Crippen LogP contribution in [0.3, 0.4) is 0 Å². The van der Waals surface area contributed by atoms with Crippen molar-refractivity contribution in [3.8, 4) is 11.5 Å². The minimum absolute atomic E-state index is 0.0604. The Morgan fingerprint density at radius 1 is 1.19 bits per heavy atom. The van der Waals surface area contributed by atoms with Gasteiger partial charge in [0.2, 0.25) is 0 Å². The highest BCUT2D eigenvalue weighted by molar-refractivity contribution is 7.22. The quantitative estimate of drug-likeness (QED) is 0.232. The number of aliphatic hydroxyl groups excluding tert-OH is 1. The summed E-state index contributed by atoms with van der Waals surface area (Å²) in [7, 11) is 0. The molecule has 9 nitrogen and oxygen atoms in total. The molecular formula is C27H34N6O3S. The van der Waals surface area contributed by atoms with Crippen LogP contribution >= 0.6 is 11.3 Å². The SMILES string of the molecule is N=C/C(=C\NCCN1CCOCC1)c1cc(Oc2ccc3nc(N[C@@H]4CCCC[C@H]4O)sc3c2)ccn1. The smallest absolute Gasteiger partial charge is 0.184 e. The molecular weight excluding hydrogens is 488 g/mol. The molecule has 4 N–H and O–H groups in total. The van der Waals surface area contributed by atoms with Crippen molar-refractivity contribution in [3.05, 3.63) is 48.4 Å². The Kier molecular flexibility index (Phi) is 8.62. The third kappa shape index (κ3) is 6.84. The molecule has 1 aliphatic carbocycles. The first-order valence-electron chi connectivity index (χ1n) is 12.9. The summed E-state index contributed by atoms with van der Waals surface area (Å²) in [6.45, 7) is 5.21. The number of hydrogen-bond acceptors (Lipinski definition) is 10. The predicted octanol–water partition coefficient (Wildman–Crippen LogP) is 4.11. The lowest BCUT2D eigenvalue weighted by atomic mass is 9.93. The Hall–Kier alpha value is -3.05. The lowest BCUT2D eigenvalue weighted by molar-refractivity contribution is 0.0388. The Morgan fingerprint density at radius 2 is 2.03 bits per heavy atom. The van der Waals surface area contributed by atoms with E-state index in [0.717, 1.165) is 80.4 Å². The average Bonchev–Trinajstić information content (AvgIpc) is 3.32. The van der Waals surface area contributed by atoms with E-state index in [2.05, 4.69) is 25.5 Å². The number of nitrogens with one attached hydrogen (secondary N) is 3. The maximum absolute atomic E-state index is 10.3. The lowest BCUT2D eigenvalue weighted by Gasteiger charge is -2.27. The summed E-state index contributed by atoms with van der Waals surface area (Å²) in [5, 5.41) is 25.7. The van der Waals surface area contributed by atoms with Crippen LogP contribution in [0.25, 0.3) is 15.8 Å². The third-order valence-electron chi connectivity index (χ3n) is 6.75. The van der Waals surface area contributed by atoms with Crippen LogP contribution < -0.4 is 15.4 Å². The fourth-order valence-corrected chi connectivity index (χ4v) is 5.61. The molecule has 0 radical (unpaired) electrons. The number of thiazole rings is 1. The number of ether oxygens (including phenoxy) is 2. The van der Waals surface area contributed by atoms with E-state index in [1.165, 1.54) is 6.21 Å². The van der Waals surface area contributed by atoms with Crippen LogP contribution in [0.15, 0.2) is 42.7 Å². The molecule has 2 aromatic heterocycles. The van der Waals surface area contributed by atoms with Crippen molar-refractivity contribution in [1.82, 2.24) is 20.2 Å². The number of nitrogens with zero attached hydrogens (tertiary/aromatic N) is 3. The Labute approximate surface area is 221 Å². The highest BCUT2D eigenvalue weighted by Crippen LogP contribution is 2.33. The van der Waals surface area contributed by atoms with Crippen molar-refractivity contribution in [2.24, 2.45) is 0 Å². The van der Waals surface area contributed by atoms with Crippen molar-refractivity contribution >= 4 is 38.5 Å². The van der Waals surface area contributed by atoms with Gasteiger partial charge in [-0.05, 0) is 31.0 Å². The summed E-state index contributed by atoms with van der Waals surface area (Å²) < 4.78 is 12.5. The van der Waals surface area contributed by atoms with Gasteiger partial charge in [0.05, 0.1) is 41.3 Å². The van der Waals surface area contributed by atoms with Gasteiger partial charge in [-0.3, -0.25) is 9.88 Å². The zero-order valence-electron chi connectivity index (χ0n) is 20.9. The topological polar surface area (TPSA) is 116 Å². The fourth-order valence-electron chi connectivity index (χ4n) is 4.66. The summed E-state index contributed by atoms with van der Waals surface area (Å²) in [5.74, 6) is 1.36. The first-order chi connectivity index (χ1) is 18.2. The molecule has 5 rings (SSSR count). The number of pyridine rings is 1. The number of fused-ring (bicyclic) bond motifs is 1. The van der Waals surface area contributed by atoms with Gasteiger partial charge < -0.3 is 30.6 Å². The summed E-state index contributed by atoms with van der Waals surface area (Å²) in [4.78, 5) is 11.5. The van der Waals surface area contributed by atoms with E-state index in [1.54, 1.807) is 17.5 Å². The zero-order chi connectivity index (χ0) is 25.5. The Morgan fingerprint density at radius 3 is 2.86 bits per heavy atom. The van der Waals surface area contributed by atoms with Crippen molar-refractivity contribution < 1.29 is 14.6 Å². The summed E-state index contributed by atoms with van der Waals surface area (Å²) in [5.41, 5.74) is 2.26. The van der Waals surface area contributed by atoms with E-state index in [0.29, 0.717) is 22.8 Å². The largest absolute Gasteiger partial charge is 0.457 e. The van der Waals surface area contributed by atoms with E-state index in [9.17, 15) is 5.11 Å². The predicted molar refractivity (Wildman–Crippen MR) is 148 cm³/mol. The number of allylic oxidation sites excluding steroid dienone is 1. The molecule has 2 fully saturated rings. The lowest BCUT2D eigenvalue weighted by Crippen LogP contribution is -2.39. The van der Waals surface area contributed by atoms with E-state index in [1.807, 2.05) is 36.5 Å². The van der Waals surface area contributed by atoms with Crippen molar-refractivity contribution in [1.29, 1.82) is 5.41 Å². The van der Waals surface area contributed by atoms with E-state index < -0.39 is 0 Å². The fraction of sp³-hybridized carbons (Fsp3) is 0.444. The standard InChI is InChI=1S/C27H34N6O3S/c28-17-19(18-29-9-10-33-11-13-35-14-12-33)24-15-21(7-8-30-24)36-20-5-6-23-26(16-20)37-27(32-23)31-22-3-1-2-4-25(22)34/h5-8,15-18,22,25,28-29,34H,1-4,9-14H2,(H,31,32)/b19-18+,28-17?/t22-,25-/m1/s1. The number of aliphatic hydroxyl groups is 1. The first kappa shape index (κ1) is 25.6.